The molecule has 0 aliphatic heterocycles. The Morgan fingerprint density at radius 3 is 2.82 bits per heavy atom. The molecule has 2 rings (SSSR count). The Bertz CT molecular complexity index is 545. The van der Waals surface area contributed by atoms with Crippen molar-refractivity contribution in [2.75, 3.05) is 14.2 Å². The zero-order valence-electron chi connectivity index (χ0n) is 10.3. The Kier molecular flexibility index (Phi) is 3.15. The number of para-hydroxylation sites is 1. The van der Waals surface area contributed by atoms with E-state index >= 15 is 0 Å². The molecule has 0 atom stereocenters. The van der Waals surface area contributed by atoms with Crippen molar-refractivity contribution in [2.24, 2.45) is 7.05 Å². The molecule has 0 aliphatic carbocycles. The maximum Gasteiger partial charge on any atom is 0.250 e. The molecule has 0 spiro atoms. The van der Waals surface area contributed by atoms with Crippen molar-refractivity contribution in [3.63, 3.8) is 0 Å². The van der Waals surface area contributed by atoms with Gasteiger partial charge in [0, 0.05) is 31.2 Å². The van der Waals surface area contributed by atoms with Gasteiger partial charge in [0.05, 0.1) is 13.5 Å². The molecule has 90 valence electrons. The molecule has 0 radical (unpaired) electrons. The highest BCUT2D eigenvalue weighted by Crippen LogP contribution is 2.20. The monoisotopic (exact) mass is 232 g/mol. The number of rotatable bonds is 3. The van der Waals surface area contributed by atoms with Gasteiger partial charge in [0.2, 0.25) is 5.91 Å². The first-order valence-corrected chi connectivity index (χ1v) is 5.47. The van der Waals surface area contributed by atoms with Crippen molar-refractivity contribution in [3.8, 4) is 0 Å². The van der Waals surface area contributed by atoms with Crippen LogP contribution in [0.3, 0.4) is 0 Å². The molecular weight excluding hydrogens is 216 g/mol. The van der Waals surface area contributed by atoms with Gasteiger partial charge in [-0.1, -0.05) is 18.2 Å². The number of nitrogens with zero attached hydrogens (tertiary/aromatic N) is 2. The second-order valence-electron chi connectivity index (χ2n) is 4.03. The number of likely N-dealkylation sites (N-methyl/N-ethyl adjacent to an activating group) is 1. The minimum absolute atomic E-state index is 0.0520. The van der Waals surface area contributed by atoms with E-state index in [4.69, 9.17) is 4.84 Å². The molecule has 17 heavy (non-hydrogen) atoms. The molecule has 4 heteroatoms. The fraction of sp³-hybridized carbons (Fsp3) is 0.308. The third-order valence-corrected chi connectivity index (χ3v) is 2.95. The highest BCUT2D eigenvalue weighted by atomic mass is 16.7. The van der Waals surface area contributed by atoms with E-state index in [0.717, 1.165) is 16.5 Å². The number of hydroxylamine groups is 2. The van der Waals surface area contributed by atoms with E-state index in [2.05, 4.69) is 0 Å². The predicted octanol–water partition coefficient (Wildman–Crippen LogP) is 1.74. The molecule has 1 aromatic carbocycles. The average Bonchev–Trinajstić information content (AvgIpc) is 2.66. The zero-order chi connectivity index (χ0) is 12.4. The lowest BCUT2D eigenvalue weighted by Crippen LogP contribution is -2.26. The summed E-state index contributed by atoms with van der Waals surface area (Å²) in [4.78, 5) is 16.7. The highest BCUT2D eigenvalue weighted by Gasteiger charge is 2.13. The van der Waals surface area contributed by atoms with E-state index in [9.17, 15) is 4.79 Å². The standard InChI is InChI=1S/C13H16N2O2/c1-14-9-10(8-13(16)15(2)17-3)11-6-4-5-7-12(11)14/h4-7,9H,8H2,1-3H3. The zero-order valence-corrected chi connectivity index (χ0v) is 10.3. The van der Waals surface area contributed by atoms with Gasteiger partial charge >= 0.3 is 0 Å². The van der Waals surface area contributed by atoms with E-state index in [1.54, 1.807) is 7.05 Å². The predicted molar refractivity (Wildman–Crippen MR) is 66.4 cm³/mol. The molecule has 0 unspecified atom stereocenters. The van der Waals surface area contributed by atoms with E-state index in [0.29, 0.717) is 6.42 Å². The smallest absolute Gasteiger partial charge is 0.250 e. The number of hydrogen-bond donors (Lipinski definition) is 0. The Morgan fingerprint density at radius 2 is 2.12 bits per heavy atom. The summed E-state index contributed by atoms with van der Waals surface area (Å²) >= 11 is 0. The van der Waals surface area contributed by atoms with Crippen LogP contribution >= 0.6 is 0 Å². The van der Waals surface area contributed by atoms with Crippen LogP contribution < -0.4 is 0 Å². The SMILES string of the molecule is CON(C)C(=O)Cc1cn(C)c2ccccc12. The van der Waals surface area contributed by atoms with Crippen LogP contribution in [0.2, 0.25) is 0 Å². The van der Waals surface area contributed by atoms with Gasteiger partial charge in [-0.2, -0.15) is 0 Å². The van der Waals surface area contributed by atoms with Crippen LogP contribution in [-0.2, 0) is 23.1 Å². The van der Waals surface area contributed by atoms with Crippen LogP contribution in [0.25, 0.3) is 10.9 Å². The number of carbonyl (C=O) groups is 1. The second kappa shape index (κ2) is 4.59. The number of aromatic nitrogens is 1. The van der Waals surface area contributed by atoms with Crippen LogP contribution in [0.15, 0.2) is 30.5 Å². The van der Waals surface area contributed by atoms with Gasteiger partial charge in [-0.3, -0.25) is 9.63 Å². The maximum atomic E-state index is 11.8. The lowest BCUT2D eigenvalue weighted by atomic mass is 10.1. The molecule has 1 heterocycles. The molecule has 4 nitrogen and oxygen atoms in total. The van der Waals surface area contributed by atoms with Gasteiger partial charge in [0.25, 0.3) is 0 Å². The summed E-state index contributed by atoms with van der Waals surface area (Å²) in [6.07, 6.45) is 2.34. The van der Waals surface area contributed by atoms with Crippen molar-refractivity contribution >= 4 is 16.8 Å². The Labute approximate surface area is 100 Å². The molecule has 0 bridgehead atoms. The van der Waals surface area contributed by atoms with Crippen molar-refractivity contribution in [1.82, 2.24) is 9.63 Å². The normalized spacial score (nSPS) is 10.8. The average molecular weight is 232 g/mol. The third-order valence-electron chi connectivity index (χ3n) is 2.95. The maximum absolute atomic E-state index is 11.8. The lowest BCUT2D eigenvalue weighted by Gasteiger charge is -2.12. The summed E-state index contributed by atoms with van der Waals surface area (Å²) in [7, 11) is 5.09. The van der Waals surface area contributed by atoms with Crippen LogP contribution in [0.4, 0.5) is 0 Å². The fourth-order valence-corrected chi connectivity index (χ4v) is 1.94. The first-order valence-electron chi connectivity index (χ1n) is 5.47. The van der Waals surface area contributed by atoms with Gasteiger partial charge in [-0.15, -0.1) is 0 Å². The molecule has 0 saturated carbocycles. The topological polar surface area (TPSA) is 34.5 Å². The largest absolute Gasteiger partial charge is 0.350 e. The van der Waals surface area contributed by atoms with Crippen molar-refractivity contribution in [2.45, 2.75) is 6.42 Å². The molecular formula is C13H16N2O2. The number of hydrogen-bond acceptors (Lipinski definition) is 2. The van der Waals surface area contributed by atoms with Gasteiger partial charge in [-0.25, -0.2) is 5.06 Å². The summed E-state index contributed by atoms with van der Waals surface area (Å²) in [5.41, 5.74) is 2.16. The third kappa shape index (κ3) is 2.17. The minimum atomic E-state index is -0.0520. The second-order valence-corrected chi connectivity index (χ2v) is 4.03. The molecule has 0 fully saturated rings. The van der Waals surface area contributed by atoms with E-state index < -0.39 is 0 Å². The van der Waals surface area contributed by atoms with Gasteiger partial charge in [0.1, 0.15) is 0 Å². The molecule has 0 aliphatic rings. The summed E-state index contributed by atoms with van der Waals surface area (Å²) < 4.78 is 2.03. The Morgan fingerprint density at radius 1 is 1.41 bits per heavy atom. The van der Waals surface area contributed by atoms with Crippen LogP contribution in [-0.4, -0.2) is 29.7 Å². The van der Waals surface area contributed by atoms with Gasteiger partial charge in [-0.05, 0) is 11.6 Å². The van der Waals surface area contributed by atoms with Gasteiger partial charge < -0.3 is 4.57 Å². The summed E-state index contributed by atoms with van der Waals surface area (Å²) in [6, 6.07) is 8.06. The number of benzene rings is 1. The molecule has 1 amide bonds. The summed E-state index contributed by atoms with van der Waals surface area (Å²) in [5.74, 6) is -0.0520. The fourth-order valence-electron chi connectivity index (χ4n) is 1.94. The first-order chi connectivity index (χ1) is 8.13. The van der Waals surface area contributed by atoms with Gasteiger partial charge in [0.15, 0.2) is 0 Å². The van der Waals surface area contributed by atoms with E-state index in [1.165, 1.54) is 12.2 Å². The molecule has 0 saturated heterocycles. The van der Waals surface area contributed by atoms with Crippen molar-refractivity contribution in [1.29, 1.82) is 0 Å². The number of fused-ring (bicyclic) bond motifs is 1. The summed E-state index contributed by atoms with van der Waals surface area (Å²) in [5, 5.41) is 2.37. The minimum Gasteiger partial charge on any atom is -0.350 e. The van der Waals surface area contributed by atoms with Crippen LogP contribution in [0, 0.1) is 0 Å². The quantitative estimate of drug-likeness (QED) is 0.755. The van der Waals surface area contributed by atoms with Crippen molar-refractivity contribution in [3.05, 3.63) is 36.0 Å². The first kappa shape index (κ1) is 11.7. The van der Waals surface area contributed by atoms with Crippen LogP contribution in [0.1, 0.15) is 5.56 Å². The van der Waals surface area contributed by atoms with E-state index in [-0.39, 0.29) is 5.91 Å². The number of amides is 1. The lowest BCUT2D eigenvalue weighted by molar-refractivity contribution is -0.167. The van der Waals surface area contributed by atoms with Crippen LogP contribution in [0.5, 0.6) is 0 Å². The van der Waals surface area contributed by atoms with Crippen molar-refractivity contribution < 1.29 is 9.63 Å². The Balaban J connectivity index is 2.34. The highest BCUT2D eigenvalue weighted by molar-refractivity contribution is 5.89. The van der Waals surface area contributed by atoms with E-state index in [1.807, 2.05) is 42.1 Å². The Hall–Kier alpha value is -1.81. The molecule has 0 N–H and O–H groups in total. The number of carbonyl (C=O) groups excluding carboxylic acids is 1. The summed E-state index contributed by atoms with van der Waals surface area (Å²) in [6.45, 7) is 0. The molecule has 2 aromatic rings. The number of aryl methyl sites for hydroxylation is 1. The molecule has 1 aromatic heterocycles.